The third-order valence-electron chi connectivity index (χ3n) is 3.03. The number of H-pyrrole nitrogens is 1. The van der Waals surface area contributed by atoms with E-state index in [4.69, 9.17) is 23.2 Å². The summed E-state index contributed by atoms with van der Waals surface area (Å²) in [5.41, 5.74) is 2.55. The number of aromatic nitrogens is 2. The van der Waals surface area contributed by atoms with Crippen LogP contribution in [-0.4, -0.2) is 22.6 Å². The Morgan fingerprint density at radius 2 is 2.05 bits per heavy atom. The minimum absolute atomic E-state index is 0.246. The number of nitrogens with one attached hydrogen (secondary N) is 2. The lowest BCUT2D eigenvalue weighted by Gasteiger charge is -2.08. The molecule has 6 heteroatoms. The highest BCUT2D eigenvalue weighted by molar-refractivity contribution is 6.39. The van der Waals surface area contributed by atoms with Gasteiger partial charge in [0.2, 0.25) is 0 Å². The SMILES string of the molecule is Cc1[nH]ncc1CCCNC(=O)c1c(Cl)cccc1Cl. The minimum atomic E-state index is -0.246. The van der Waals surface area contributed by atoms with Gasteiger partial charge in [0.1, 0.15) is 0 Å². The second-order valence-electron chi connectivity index (χ2n) is 4.48. The summed E-state index contributed by atoms with van der Waals surface area (Å²) in [5, 5.41) is 10.4. The summed E-state index contributed by atoms with van der Waals surface area (Å²) in [6.07, 6.45) is 3.50. The Morgan fingerprint density at radius 1 is 1.35 bits per heavy atom. The zero-order chi connectivity index (χ0) is 14.5. The van der Waals surface area contributed by atoms with Gasteiger partial charge in [0.05, 0.1) is 21.8 Å². The van der Waals surface area contributed by atoms with E-state index in [1.165, 1.54) is 0 Å². The lowest BCUT2D eigenvalue weighted by molar-refractivity contribution is 0.0953. The molecular formula is C14H15Cl2N3O. The number of carbonyl (C=O) groups is 1. The van der Waals surface area contributed by atoms with E-state index in [0.717, 1.165) is 24.1 Å². The van der Waals surface area contributed by atoms with E-state index in [0.29, 0.717) is 22.2 Å². The molecule has 0 unspecified atom stereocenters. The Labute approximate surface area is 127 Å². The van der Waals surface area contributed by atoms with Crippen molar-refractivity contribution in [3.8, 4) is 0 Å². The molecular weight excluding hydrogens is 297 g/mol. The van der Waals surface area contributed by atoms with Crippen LogP contribution in [0.2, 0.25) is 10.0 Å². The molecule has 0 spiro atoms. The summed E-state index contributed by atoms with van der Waals surface area (Å²) in [4.78, 5) is 12.0. The van der Waals surface area contributed by atoms with Crippen LogP contribution in [0.15, 0.2) is 24.4 Å². The fourth-order valence-corrected chi connectivity index (χ4v) is 2.48. The van der Waals surface area contributed by atoms with Crippen molar-refractivity contribution in [1.82, 2.24) is 15.5 Å². The van der Waals surface area contributed by atoms with E-state index in [1.807, 2.05) is 13.1 Å². The van der Waals surface area contributed by atoms with E-state index in [1.54, 1.807) is 18.2 Å². The van der Waals surface area contributed by atoms with Gasteiger partial charge >= 0.3 is 0 Å². The second-order valence-corrected chi connectivity index (χ2v) is 5.29. The highest BCUT2D eigenvalue weighted by Crippen LogP contribution is 2.23. The third kappa shape index (κ3) is 3.52. The molecule has 0 aliphatic carbocycles. The number of halogens is 2. The van der Waals surface area contributed by atoms with Gasteiger partial charge in [-0.25, -0.2) is 0 Å². The van der Waals surface area contributed by atoms with Crippen LogP contribution in [-0.2, 0) is 6.42 Å². The molecule has 2 aromatic rings. The summed E-state index contributed by atoms with van der Waals surface area (Å²) >= 11 is 12.0. The van der Waals surface area contributed by atoms with Gasteiger partial charge < -0.3 is 5.32 Å². The van der Waals surface area contributed by atoms with Crippen LogP contribution in [0.3, 0.4) is 0 Å². The largest absolute Gasteiger partial charge is 0.352 e. The Morgan fingerprint density at radius 3 is 2.65 bits per heavy atom. The third-order valence-corrected chi connectivity index (χ3v) is 3.66. The molecule has 1 heterocycles. The average Bonchev–Trinajstić information content (AvgIpc) is 2.80. The Hall–Kier alpha value is -1.52. The second kappa shape index (κ2) is 6.77. The molecule has 1 aromatic carbocycles. The normalized spacial score (nSPS) is 10.6. The number of nitrogens with zero attached hydrogens (tertiary/aromatic N) is 1. The summed E-state index contributed by atoms with van der Waals surface area (Å²) < 4.78 is 0. The fraction of sp³-hybridized carbons (Fsp3) is 0.286. The number of carbonyl (C=O) groups excluding carboxylic acids is 1. The van der Waals surface area contributed by atoms with Crippen molar-refractivity contribution in [2.24, 2.45) is 0 Å². The molecule has 0 bridgehead atoms. The highest BCUT2D eigenvalue weighted by atomic mass is 35.5. The molecule has 1 amide bonds. The zero-order valence-electron chi connectivity index (χ0n) is 11.0. The molecule has 0 aliphatic heterocycles. The van der Waals surface area contributed by atoms with E-state index in [9.17, 15) is 4.79 Å². The van der Waals surface area contributed by atoms with Crippen molar-refractivity contribution < 1.29 is 4.79 Å². The van der Waals surface area contributed by atoms with Crippen molar-refractivity contribution in [2.75, 3.05) is 6.54 Å². The van der Waals surface area contributed by atoms with Gasteiger partial charge in [-0.1, -0.05) is 29.3 Å². The molecule has 0 saturated heterocycles. The first kappa shape index (κ1) is 14.9. The van der Waals surface area contributed by atoms with Crippen LogP contribution < -0.4 is 5.32 Å². The van der Waals surface area contributed by atoms with Gasteiger partial charge in [-0.15, -0.1) is 0 Å². The number of benzene rings is 1. The predicted octanol–water partition coefficient (Wildman–Crippen LogP) is 3.39. The molecule has 0 aliphatic rings. The minimum Gasteiger partial charge on any atom is -0.352 e. The number of hydrogen-bond acceptors (Lipinski definition) is 2. The molecule has 0 atom stereocenters. The van der Waals surface area contributed by atoms with Gasteiger partial charge in [0.25, 0.3) is 5.91 Å². The predicted molar refractivity (Wildman–Crippen MR) is 80.4 cm³/mol. The van der Waals surface area contributed by atoms with Crippen molar-refractivity contribution in [1.29, 1.82) is 0 Å². The molecule has 2 N–H and O–H groups in total. The van der Waals surface area contributed by atoms with Crippen LogP contribution in [0.5, 0.6) is 0 Å². The molecule has 4 nitrogen and oxygen atoms in total. The molecule has 106 valence electrons. The number of hydrogen-bond donors (Lipinski definition) is 2. The maximum absolute atomic E-state index is 12.0. The summed E-state index contributed by atoms with van der Waals surface area (Å²) in [5.74, 6) is -0.246. The van der Waals surface area contributed by atoms with Gasteiger partial charge in [0, 0.05) is 12.2 Å². The fourth-order valence-electron chi connectivity index (χ4n) is 1.91. The van der Waals surface area contributed by atoms with Crippen LogP contribution in [0.25, 0.3) is 0 Å². The Bertz CT molecular complexity index is 590. The van der Waals surface area contributed by atoms with Gasteiger partial charge in [-0.05, 0) is 37.5 Å². The first-order chi connectivity index (χ1) is 9.59. The van der Waals surface area contributed by atoms with E-state index < -0.39 is 0 Å². The van der Waals surface area contributed by atoms with E-state index >= 15 is 0 Å². The number of amides is 1. The quantitative estimate of drug-likeness (QED) is 0.832. The summed E-state index contributed by atoms with van der Waals surface area (Å²) in [6.45, 7) is 2.54. The van der Waals surface area contributed by atoms with Crippen molar-refractivity contribution >= 4 is 29.1 Å². The van der Waals surface area contributed by atoms with Crippen LogP contribution in [0, 0.1) is 6.92 Å². The van der Waals surface area contributed by atoms with Crippen molar-refractivity contribution in [3.05, 3.63) is 51.3 Å². The topological polar surface area (TPSA) is 57.8 Å². The molecule has 0 radical (unpaired) electrons. The van der Waals surface area contributed by atoms with Crippen molar-refractivity contribution in [3.63, 3.8) is 0 Å². The zero-order valence-corrected chi connectivity index (χ0v) is 12.6. The molecule has 1 aromatic heterocycles. The number of aryl methyl sites for hydroxylation is 2. The first-order valence-corrected chi connectivity index (χ1v) is 7.06. The van der Waals surface area contributed by atoms with Crippen molar-refractivity contribution in [2.45, 2.75) is 19.8 Å². The van der Waals surface area contributed by atoms with E-state index in [-0.39, 0.29) is 5.91 Å². The monoisotopic (exact) mass is 311 g/mol. The van der Waals surface area contributed by atoms with Crippen LogP contribution in [0.1, 0.15) is 28.0 Å². The van der Waals surface area contributed by atoms with Gasteiger partial charge in [-0.3, -0.25) is 9.89 Å². The first-order valence-electron chi connectivity index (χ1n) is 6.30. The lowest BCUT2D eigenvalue weighted by Crippen LogP contribution is -2.25. The highest BCUT2D eigenvalue weighted by Gasteiger charge is 2.13. The lowest BCUT2D eigenvalue weighted by atomic mass is 10.1. The van der Waals surface area contributed by atoms with Gasteiger partial charge in [0.15, 0.2) is 0 Å². The molecule has 2 rings (SSSR count). The summed E-state index contributed by atoms with van der Waals surface area (Å²) in [7, 11) is 0. The standard InChI is InChI=1S/C14H15Cl2N3O/c1-9-10(8-18-19-9)4-3-7-17-14(20)13-11(15)5-2-6-12(13)16/h2,5-6,8H,3-4,7H2,1H3,(H,17,20)(H,18,19). The van der Waals surface area contributed by atoms with E-state index in [2.05, 4.69) is 15.5 Å². The van der Waals surface area contributed by atoms with Crippen LogP contribution >= 0.6 is 23.2 Å². The maximum Gasteiger partial charge on any atom is 0.254 e. The van der Waals surface area contributed by atoms with Gasteiger partial charge in [-0.2, -0.15) is 5.10 Å². The molecule has 20 heavy (non-hydrogen) atoms. The molecule has 0 fully saturated rings. The number of aromatic amines is 1. The number of rotatable bonds is 5. The average molecular weight is 312 g/mol. The van der Waals surface area contributed by atoms with Crippen LogP contribution in [0.4, 0.5) is 0 Å². The maximum atomic E-state index is 12.0. The summed E-state index contributed by atoms with van der Waals surface area (Å²) in [6, 6.07) is 5.01. The Balaban J connectivity index is 1.85. The smallest absolute Gasteiger partial charge is 0.254 e. The Kier molecular flexibility index (Phi) is 5.04. The molecule has 0 saturated carbocycles.